The Labute approximate surface area is 112 Å². The SMILES string of the molecule is Cc1noc(CCNc2nc(N)nc3sccc23)n1. The molecule has 0 saturated carbocycles. The summed E-state index contributed by atoms with van der Waals surface area (Å²) in [5, 5.41) is 9.90. The minimum Gasteiger partial charge on any atom is -0.369 e. The molecule has 3 heterocycles. The fraction of sp³-hybridized carbons (Fsp3) is 0.273. The van der Waals surface area contributed by atoms with Gasteiger partial charge in [-0.3, -0.25) is 0 Å². The summed E-state index contributed by atoms with van der Waals surface area (Å²) >= 11 is 1.54. The smallest absolute Gasteiger partial charge is 0.228 e. The molecule has 0 spiro atoms. The number of nitrogen functional groups attached to an aromatic ring is 1. The molecule has 0 aliphatic rings. The number of anilines is 2. The molecule has 0 saturated heterocycles. The van der Waals surface area contributed by atoms with Crippen LogP contribution in [0, 0.1) is 6.92 Å². The first kappa shape index (κ1) is 11.8. The van der Waals surface area contributed by atoms with Gasteiger partial charge in [0.2, 0.25) is 11.8 Å². The van der Waals surface area contributed by atoms with Crippen molar-refractivity contribution in [1.29, 1.82) is 0 Å². The maximum atomic E-state index is 5.67. The molecule has 3 aromatic heterocycles. The van der Waals surface area contributed by atoms with Crippen LogP contribution in [0.3, 0.4) is 0 Å². The summed E-state index contributed by atoms with van der Waals surface area (Å²) in [7, 11) is 0. The Balaban J connectivity index is 1.73. The monoisotopic (exact) mass is 276 g/mol. The standard InChI is InChI=1S/C11H12N6OS/c1-6-14-8(18-17-6)2-4-13-9-7-3-5-19-10(7)16-11(12)15-9/h3,5H,2,4H2,1H3,(H3,12,13,15,16). The van der Waals surface area contributed by atoms with Crippen LogP contribution in [-0.4, -0.2) is 26.7 Å². The lowest BCUT2D eigenvalue weighted by Gasteiger charge is -2.05. The molecule has 0 aliphatic heterocycles. The summed E-state index contributed by atoms with van der Waals surface area (Å²) in [5.41, 5.74) is 5.67. The topological polar surface area (TPSA) is 103 Å². The van der Waals surface area contributed by atoms with E-state index in [9.17, 15) is 0 Å². The van der Waals surface area contributed by atoms with E-state index in [1.807, 2.05) is 11.4 Å². The number of rotatable bonds is 4. The molecular weight excluding hydrogens is 264 g/mol. The summed E-state index contributed by atoms with van der Waals surface area (Å²) in [6.45, 7) is 2.43. The minimum absolute atomic E-state index is 0.270. The summed E-state index contributed by atoms with van der Waals surface area (Å²) in [6, 6.07) is 1.97. The average molecular weight is 276 g/mol. The van der Waals surface area contributed by atoms with Crippen molar-refractivity contribution in [3.8, 4) is 0 Å². The van der Waals surface area contributed by atoms with Crippen LogP contribution in [0.25, 0.3) is 10.2 Å². The molecule has 19 heavy (non-hydrogen) atoms. The average Bonchev–Trinajstić information content (AvgIpc) is 2.98. The molecule has 0 aliphatic carbocycles. The fourth-order valence-electron chi connectivity index (χ4n) is 1.74. The molecule has 0 amide bonds. The van der Waals surface area contributed by atoms with E-state index in [-0.39, 0.29) is 5.95 Å². The lowest BCUT2D eigenvalue weighted by Crippen LogP contribution is -2.08. The molecule has 0 aromatic carbocycles. The van der Waals surface area contributed by atoms with Crippen LogP contribution in [-0.2, 0) is 6.42 Å². The van der Waals surface area contributed by atoms with E-state index in [4.69, 9.17) is 10.3 Å². The van der Waals surface area contributed by atoms with Gasteiger partial charge in [-0.25, -0.2) is 4.98 Å². The van der Waals surface area contributed by atoms with Crippen LogP contribution in [0.5, 0.6) is 0 Å². The van der Waals surface area contributed by atoms with Gasteiger partial charge >= 0.3 is 0 Å². The molecule has 3 rings (SSSR count). The number of nitrogens with two attached hydrogens (primary N) is 1. The highest BCUT2D eigenvalue weighted by atomic mass is 32.1. The van der Waals surface area contributed by atoms with Gasteiger partial charge in [-0.05, 0) is 18.4 Å². The largest absolute Gasteiger partial charge is 0.369 e. The van der Waals surface area contributed by atoms with E-state index in [0.717, 1.165) is 16.0 Å². The Hall–Kier alpha value is -2.22. The molecule has 3 N–H and O–H groups in total. The number of hydrogen-bond donors (Lipinski definition) is 2. The zero-order chi connectivity index (χ0) is 13.2. The van der Waals surface area contributed by atoms with Gasteiger partial charge in [-0.1, -0.05) is 5.16 Å². The van der Waals surface area contributed by atoms with Crippen molar-refractivity contribution in [1.82, 2.24) is 20.1 Å². The quantitative estimate of drug-likeness (QED) is 0.746. The molecule has 0 unspecified atom stereocenters. The first-order valence-electron chi connectivity index (χ1n) is 5.76. The van der Waals surface area contributed by atoms with Gasteiger partial charge in [0.05, 0.1) is 5.39 Å². The molecular formula is C11H12N6OS. The number of aryl methyl sites for hydroxylation is 1. The third-order valence-electron chi connectivity index (χ3n) is 2.54. The minimum atomic E-state index is 0.270. The highest BCUT2D eigenvalue weighted by molar-refractivity contribution is 7.16. The lowest BCUT2D eigenvalue weighted by atomic mass is 10.3. The number of thiophene rings is 1. The van der Waals surface area contributed by atoms with Crippen molar-refractivity contribution in [2.24, 2.45) is 0 Å². The first-order valence-corrected chi connectivity index (χ1v) is 6.64. The Morgan fingerprint density at radius 1 is 1.37 bits per heavy atom. The Morgan fingerprint density at radius 2 is 2.26 bits per heavy atom. The molecule has 0 bridgehead atoms. The molecule has 7 nitrogen and oxygen atoms in total. The van der Waals surface area contributed by atoms with Crippen LogP contribution in [0.15, 0.2) is 16.0 Å². The van der Waals surface area contributed by atoms with E-state index >= 15 is 0 Å². The predicted molar refractivity (Wildman–Crippen MR) is 73.1 cm³/mol. The van der Waals surface area contributed by atoms with Gasteiger partial charge in [-0.15, -0.1) is 11.3 Å². The lowest BCUT2D eigenvalue weighted by molar-refractivity contribution is 0.377. The van der Waals surface area contributed by atoms with E-state index in [1.54, 1.807) is 6.92 Å². The van der Waals surface area contributed by atoms with Gasteiger partial charge in [0.15, 0.2) is 5.82 Å². The van der Waals surface area contributed by atoms with Gasteiger partial charge < -0.3 is 15.6 Å². The van der Waals surface area contributed by atoms with Crippen molar-refractivity contribution in [2.45, 2.75) is 13.3 Å². The van der Waals surface area contributed by atoms with Crippen molar-refractivity contribution in [2.75, 3.05) is 17.6 Å². The van der Waals surface area contributed by atoms with Gasteiger partial charge in [0.1, 0.15) is 10.6 Å². The first-order chi connectivity index (χ1) is 9.22. The second-order valence-corrected chi connectivity index (χ2v) is 4.88. The third-order valence-corrected chi connectivity index (χ3v) is 3.35. The second kappa shape index (κ2) is 4.81. The normalized spacial score (nSPS) is 11.0. The van der Waals surface area contributed by atoms with E-state index < -0.39 is 0 Å². The predicted octanol–water partition coefficient (Wildman–Crippen LogP) is 1.62. The summed E-state index contributed by atoms with van der Waals surface area (Å²) in [4.78, 5) is 13.4. The van der Waals surface area contributed by atoms with E-state index in [1.165, 1.54) is 11.3 Å². The van der Waals surface area contributed by atoms with Crippen molar-refractivity contribution in [3.63, 3.8) is 0 Å². The second-order valence-electron chi connectivity index (χ2n) is 3.98. The van der Waals surface area contributed by atoms with Gasteiger partial charge in [-0.2, -0.15) is 9.97 Å². The number of fused-ring (bicyclic) bond motifs is 1. The zero-order valence-electron chi connectivity index (χ0n) is 10.3. The van der Waals surface area contributed by atoms with Gasteiger partial charge in [0, 0.05) is 13.0 Å². The number of nitrogens with zero attached hydrogens (tertiary/aromatic N) is 4. The maximum Gasteiger partial charge on any atom is 0.228 e. The van der Waals surface area contributed by atoms with E-state index in [0.29, 0.717) is 24.7 Å². The number of hydrogen-bond acceptors (Lipinski definition) is 8. The number of aromatic nitrogens is 4. The van der Waals surface area contributed by atoms with Crippen molar-refractivity contribution < 1.29 is 4.52 Å². The van der Waals surface area contributed by atoms with Crippen LogP contribution < -0.4 is 11.1 Å². The maximum absolute atomic E-state index is 5.67. The number of nitrogens with one attached hydrogen (secondary N) is 1. The summed E-state index contributed by atoms with van der Waals surface area (Å²) in [6.07, 6.45) is 0.635. The summed E-state index contributed by atoms with van der Waals surface area (Å²) < 4.78 is 5.04. The van der Waals surface area contributed by atoms with Crippen LogP contribution in [0.1, 0.15) is 11.7 Å². The van der Waals surface area contributed by atoms with Crippen LogP contribution in [0.2, 0.25) is 0 Å². The molecule has 0 fully saturated rings. The Bertz CT molecular complexity index is 706. The van der Waals surface area contributed by atoms with Crippen LogP contribution >= 0.6 is 11.3 Å². The molecule has 3 aromatic rings. The summed E-state index contributed by atoms with van der Waals surface area (Å²) in [5.74, 6) is 2.25. The van der Waals surface area contributed by atoms with Crippen LogP contribution in [0.4, 0.5) is 11.8 Å². The van der Waals surface area contributed by atoms with Gasteiger partial charge in [0.25, 0.3) is 0 Å². The fourth-order valence-corrected chi connectivity index (χ4v) is 2.51. The molecule has 98 valence electrons. The highest BCUT2D eigenvalue weighted by Gasteiger charge is 2.08. The highest BCUT2D eigenvalue weighted by Crippen LogP contribution is 2.25. The van der Waals surface area contributed by atoms with Crippen molar-refractivity contribution >= 4 is 33.3 Å². The molecule has 0 atom stereocenters. The van der Waals surface area contributed by atoms with Crippen molar-refractivity contribution in [3.05, 3.63) is 23.2 Å². The third kappa shape index (κ3) is 2.48. The zero-order valence-corrected chi connectivity index (χ0v) is 11.1. The molecule has 0 radical (unpaired) electrons. The van der Waals surface area contributed by atoms with E-state index in [2.05, 4.69) is 25.4 Å². The Kier molecular flexibility index (Phi) is 3.00. The Morgan fingerprint density at radius 3 is 3.05 bits per heavy atom. The molecule has 8 heteroatoms.